The van der Waals surface area contributed by atoms with Crippen molar-refractivity contribution in [3.05, 3.63) is 38.5 Å². The van der Waals surface area contributed by atoms with E-state index in [4.69, 9.17) is 0 Å². The molecule has 0 aliphatic rings. The molecule has 2 aromatic rings. The average Bonchev–Trinajstić information content (AvgIpc) is 2.87. The second-order valence-electron chi connectivity index (χ2n) is 2.98. The molecule has 0 spiro atoms. The van der Waals surface area contributed by atoms with E-state index >= 15 is 0 Å². The van der Waals surface area contributed by atoms with Gasteiger partial charge in [0.2, 0.25) is 0 Å². The maximum Gasteiger partial charge on any atom is 0.131 e. The zero-order valence-electron chi connectivity index (χ0n) is 7.80. The number of aryl methyl sites for hydroxylation is 1. The molecule has 0 aromatic carbocycles. The molecule has 74 valence electrons. The van der Waals surface area contributed by atoms with Crippen LogP contribution in [0, 0.1) is 0 Å². The van der Waals surface area contributed by atoms with Gasteiger partial charge in [-0.05, 0) is 23.4 Å². The van der Waals surface area contributed by atoms with Crippen LogP contribution in [-0.2, 0) is 6.42 Å². The fourth-order valence-electron chi connectivity index (χ4n) is 1.37. The third kappa shape index (κ3) is 1.73. The molecule has 14 heavy (non-hydrogen) atoms. The van der Waals surface area contributed by atoms with E-state index in [1.807, 2.05) is 10.8 Å². The van der Waals surface area contributed by atoms with Gasteiger partial charge >= 0.3 is 0 Å². The number of hydrogen-bond acceptors (Lipinski definition) is 4. The van der Waals surface area contributed by atoms with Gasteiger partial charge in [-0.15, -0.1) is 22.7 Å². The predicted octanol–water partition coefficient (Wildman–Crippen LogP) is 2.85. The van der Waals surface area contributed by atoms with Gasteiger partial charge in [0.15, 0.2) is 0 Å². The van der Waals surface area contributed by atoms with Crippen LogP contribution in [0.3, 0.4) is 0 Å². The highest BCUT2D eigenvalue weighted by Crippen LogP contribution is 2.29. The monoisotopic (exact) mass is 225 g/mol. The molecular weight excluding hydrogens is 214 g/mol. The fraction of sp³-hybridized carbons (Fsp3) is 0.300. The van der Waals surface area contributed by atoms with Gasteiger partial charge in [0.1, 0.15) is 6.10 Å². The van der Waals surface area contributed by atoms with E-state index in [0.717, 1.165) is 17.0 Å². The summed E-state index contributed by atoms with van der Waals surface area (Å²) < 4.78 is 0. The third-order valence-electron chi connectivity index (χ3n) is 2.14. The first kappa shape index (κ1) is 9.83. The summed E-state index contributed by atoms with van der Waals surface area (Å²) in [6.07, 6.45) is 0.413. The smallest absolute Gasteiger partial charge is 0.131 e. The molecule has 1 N–H and O–H groups in total. The van der Waals surface area contributed by atoms with Gasteiger partial charge in [-0.1, -0.05) is 6.92 Å². The molecule has 0 saturated heterocycles. The molecule has 2 nitrogen and oxygen atoms in total. The van der Waals surface area contributed by atoms with E-state index in [1.165, 1.54) is 16.9 Å². The molecule has 2 aromatic heterocycles. The van der Waals surface area contributed by atoms with Crippen molar-refractivity contribution in [2.45, 2.75) is 19.4 Å². The van der Waals surface area contributed by atoms with Crippen LogP contribution in [0.1, 0.15) is 29.2 Å². The lowest BCUT2D eigenvalue weighted by Gasteiger charge is -2.07. The Morgan fingerprint density at radius 3 is 3.07 bits per heavy atom. The number of thiophene rings is 1. The molecule has 2 rings (SSSR count). The number of aliphatic hydroxyl groups is 1. The van der Waals surface area contributed by atoms with Crippen molar-refractivity contribution in [3.8, 4) is 0 Å². The molecule has 0 bridgehead atoms. The van der Waals surface area contributed by atoms with Crippen LogP contribution in [0.15, 0.2) is 22.3 Å². The van der Waals surface area contributed by atoms with Crippen molar-refractivity contribution < 1.29 is 5.11 Å². The maximum absolute atomic E-state index is 10.0. The van der Waals surface area contributed by atoms with E-state index in [1.54, 1.807) is 16.8 Å². The van der Waals surface area contributed by atoms with E-state index in [9.17, 15) is 5.11 Å². The van der Waals surface area contributed by atoms with Gasteiger partial charge in [0, 0.05) is 10.3 Å². The highest BCUT2D eigenvalue weighted by atomic mass is 32.1. The van der Waals surface area contributed by atoms with E-state index < -0.39 is 6.10 Å². The first-order valence-corrected chi connectivity index (χ1v) is 6.27. The van der Waals surface area contributed by atoms with Crippen molar-refractivity contribution in [2.24, 2.45) is 0 Å². The van der Waals surface area contributed by atoms with Crippen molar-refractivity contribution in [2.75, 3.05) is 0 Å². The minimum Gasteiger partial charge on any atom is -0.381 e. The van der Waals surface area contributed by atoms with Crippen LogP contribution in [0.25, 0.3) is 0 Å². The number of aliphatic hydroxyl groups excluding tert-OH is 1. The molecule has 0 fully saturated rings. The lowest BCUT2D eigenvalue weighted by Crippen LogP contribution is -1.99. The minimum atomic E-state index is -0.545. The molecule has 4 heteroatoms. The number of thiazole rings is 1. The lowest BCUT2D eigenvalue weighted by molar-refractivity contribution is 0.219. The van der Waals surface area contributed by atoms with Gasteiger partial charge in [0.05, 0.1) is 11.2 Å². The number of rotatable bonds is 3. The van der Waals surface area contributed by atoms with Gasteiger partial charge in [-0.25, -0.2) is 4.98 Å². The highest BCUT2D eigenvalue weighted by Gasteiger charge is 2.16. The third-order valence-corrected chi connectivity index (χ3v) is 3.76. The molecule has 2 heterocycles. The second-order valence-corrected chi connectivity index (χ2v) is 4.65. The summed E-state index contributed by atoms with van der Waals surface area (Å²) in [6, 6.07) is 2.07. The highest BCUT2D eigenvalue weighted by molar-refractivity contribution is 7.10. The Bertz CT molecular complexity index is 394. The Balaban J connectivity index is 2.31. The lowest BCUT2D eigenvalue weighted by atomic mass is 10.1. The summed E-state index contributed by atoms with van der Waals surface area (Å²) in [5, 5.41) is 13.9. The Kier molecular flexibility index (Phi) is 2.96. The van der Waals surface area contributed by atoms with Crippen molar-refractivity contribution >= 4 is 22.7 Å². The molecule has 0 aliphatic carbocycles. The Hall–Kier alpha value is -0.710. The zero-order chi connectivity index (χ0) is 9.97. The number of nitrogens with zero attached hydrogens (tertiary/aromatic N) is 1. The average molecular weight is 225 g/mol. The van der Waals surface area contributed by atoms with Crippen LogP contribution in [0.4, 0.5) is 0 Å². The summed E-state index contributed by atoms with van der Waals surface area (Å²) in [4.78, 5) is 5.15. The quantitative estimate of drug-likeness (QED) is 0.871. The SMILES string of the molecule is CCc1ccsc1C(O)c1cscn1. The molecule has 0 radical (unpaired) electrons. The van der Waals surface area contributed by atoms with Crippen molar-refractivity contribution in [1.29, 1.82) is 0 Å². The topological polar surface area (TPSA) is 33.1 Å². The van der Waals surface area contributed by atoms with Crippen molar-refractivity contribution in [1.82, 2.24) is 4.98 Å². The van der Waals surface area contributed by atoms with Crippen LogP contribution in [-0.4, -0.2) is 10.1 Å². The Labute approximate surface area is 90.9 Å². The van der Waals surface area contributed by atoms with Gasteiger partial charge < -0.3 is 5.11 Å². The van der Waals surface area contributed by atoms with Crippen LogP contribution in [0.2, 0.25) is 0 Å². The summed E-state index contributed by atoms with van der Waals surface area (Å²) in [5.41, 5.74) is 3.72. The predicted molar refractivity (Wildman–Crippen MR) is 59.9 cm³/mol. The van der Waals surface area contributed by atoms with Crippen LogP contribution < -0.4 is 0 Å². The van der Waals surface area contributed by atoms with Crippen LogP contribution in [0.5, 0.6) is 0 Å². The maximum atomic E-state index is 10.0. The minimum absolute atomic E-state index is 0.545. The molecule has 1 atom stereocenters. The standard InChI is InChI=1S/C10H11NOS2/c1-2-7-3-4-14-10(7)9(12)8-5-13-6-11-8/h3-6,9,12H,2H2,1H3. The zero-order valence-corrected chi connectivity index (χ0v) is 9.44. The molecule has 0 amide bonds. The fourth-order valence-corrected chi connectivity index (χ4v) is 2.94. The first-order chi connectivity index (χ1) is 6.83. The molecule has 1 unspecified atom stereocenters. The molecule has 0 aliphatic heterocycles. The first-order valence-electron chi connectivity index (χ1n) is 4.45. The van der Waals surface area contributed by atoms with E-state index in [-0.39, 0.29) is 0 Å². The normalized spacial score (nSPS) is 13.0. The largest absolute Gasteiger partial charge is 0.381 e. The molecule has 0 saturated carbocycles. The number of aromatic nitrogens is 1. The summed E-state index contributed by atoms with van der Waals surface area (Å²) in [6.45, 7) is 2.10. The number of hydrogen-bond donors (Lipinski definition) is 1. The van der Waals surface area contributed by atoms with E-state index in [0.29, 0.717) is 0 Å². The van der Waals surface area contributed by atoms with E-state index in [2.05, 4.69) is 18.0 Å². The molecular formula is C10H11NOS2. The summed E-state index contributed by atoms with van der Waals surface area (Å²) >= 11 is 3.11. The van der Waals surface area contributed by atoms with Gasteiger partial charge in [-0.3, -0.25) is 0 Å². The van der Waals surface area contributed by atoms with Gasteiger partial charge in [0.25, 0.3) is 0 Å². The summed E-state index contributed by atoms with van der Waals surface area (Å²) in [7, 11) is 0. The summed E-state index contributed by atoms with van der Waals surface area (Å²) in [5.74, 6) is 0. The Morgan fingerprint density at radius 2 is 2.43 bits per heavy atom. The Morgan fingerprint density at radius 1 is 1.57 bits per heavy atom. The van der Waals surface area contributed by atoms with Crippen LogP contribution >= 0.6 is 22.7 Å². The van der Waals surface area contributed by atoms with Gasteiger partial charge in [-0.2, -0.15) is 0 Å². The van der Waals surface area contributed by atoms with Crippen molar-refractivity contribution in [3.63, 3.8) is 0 Å². The second kappa shape index (κ2) is 4.21.